The van der Waals surface area contributed by atoms with Crippen molar-refractivity contribution in [3.8, 4) is 0 Å². The smallest absolute Gasteiger partial charge is 0.0950 e. The first kappa shape index (κ1) is 11.6. The van der Waals surface area contributed by atoms with Gasteiger partial charge < -0.3 is 14.8 Å². The molecule has 1 unspecified atom stereocenters. The van der Waals surface area contributed by atoms with Crippen LogP contribution in [-0.4, -0.2) is 48.2 Å². The second kappa shape index (κ2) is 4.97. The van der Waals surface area contributed by atoms with E-state index in [1.807, 2.05) is 12.5 Å². The van der Waals surface area contributed by atoms with E-state index in [1.54, 1.807) is 0 Å². The van der Waals surface area contributed by atoms with E-state index in [1.165, 1.54) is 12.1 Å². The van der Waals surface area contributed by atoms with Gasteiger partial charge in [-0.15, -0.1) is 0 Å². The summed E-state index contributed by atoms with van der Waals surface area (Å²) in [5, 5.41) is 3.32. The first-order valence-electron chi connectivity index (χ1n) is 6.05. The standard InChI is InChI=1S/C12H22N4/c1-10(4-5-15(2)3)16-9-14-8-12(16)11-6-13-7-11/h8-11,13H,4-7H2,1-3H3. The minimum absolute atomic E-state index is 0.542. The highest BCUT2D eigenvalue weighted by Crippen LogP contribution is 2.23. The van der Waals surface area contributed by atoms with Crippen molar-refractivity contribution in [3.63, 3.8) is 0 Å². The Hall–Kier alpha value is -0.870. The molecule has 1 atom stereocenters. The molecule has 1 aromatic heterocycles. The van der Waals surface area contributed by atoms with Crippen LogP contribution in [0.4, 0.5) is 0 Å². The van der Waals surface area contributed by atoms with Gasteiger partial charge in [0.05, 0.1) is 6.33 Å². The number of hydrogen-bond acceptors (Lipinski definition) is 3. The topological polar surface area (TPSA) is 33.1 Å². The van der Waals surface area contributed by atoms with Crippen molar-refractivity contribution in [3.05, 3.63) is 18.2 Å². The lowest BCUT2D eigenvalue weighted by atomic mass is 9.99. The molecule has 16 heavy (non-hydrogen) atoms. The predicted octanol–water partition coefficient (Wildman–Crippen LogP) is 1.08. The van der Waals surface area contributed by atoms with E-state index in [-0.39, 0.29) is 0 Å². The molecule has 4 nitrogen and oxygen atoms in total. The van der Waals surface area contributed by atoms with Crippen LogP contribution in [0.2, 0.25) is 0 Å². The van der Waals surface area contributed by atoms with E-state index >= 15 is 0 Å². The molecule has 1 fully saturated rings. The Labute approximate surface area is 97.7 Å². The molecule has 0 saturated carbocycles. The largest absolute Gasteiger partial charge is 0.331 e. The zero-order chi connectivity index (χ0) is 11.5. The van der Waals surface area contributed by atoms with Crippen molar-refractivity contribution in [2.75, 3.05) is 33.7 Å². The summed E-state index contributed by atoms with van der Waals surface area (Å²) in [6.07, 6.45) is 5.18. The molecule has 90 valence electrons. The fraction of sp³-hybridized carbons (Fsp3) is 0.750. The number of nitrogens with zero attached hydrogens (tertiary/aromatic N) is 3. The van der Waals surface area contributed by atoms with Gasteiger partial charge in [-0.3, -0.25) is 0 Å². The van der Waals surface area contributed by atoms with Crippen molar-refractivity contribution >= 4 is 0 Å². The van der Waals surface area contributed by atoms with E-state index < -0.39 is 0 Å². The second-order valence-corrected chi connectivity index (χ2v) is 5.02. The molecule has 1 aliphatic rings. The highest BCUT2D eigenvalue weighted by Gasteiger charge is 2.23. The van der Waals surface area contributed by atoms with Crippen molar-refractivity contribution in [1.29, 1.82) is 0 Å². The molecule has 1 aliphatic heterocycles. The maximum absolute atomic E-state index is 4.29. The van der Waals surface area contributed by atoms with Gasteiger partial charge in [-0.2, -0.15) is 0 Å². The van der Waals surface area contributed by atoms with Gasteiger partial charge in [0.2, 0.25) is 0 Å². The SMILES string of the molecule is CC(CCN(C)C)n1cncc1C1CNC1. The third-order valence-corrected chi connectivity index (χ3v) is 3.36. The molecule has 0 bridgehead atoms. The maximum atomic E-state index is 4.29. The van der Waals surface area contributed by atoms with Crippen LogP contribution < -0.4 is 5.32 Å². The summed E-state index contributed by atoms with van der Waals surface area (Å²) in [5.41, 5.74) is 1.39. The Morgan fingerprint density at radius 1 is 1.56 bits per heavy atom. The van der Waals surface area contributed by atoms with Gasteiger partial charge in [0.1, 0.15) is 0 Å². The Morgan fingerprint density at radius 2 is 2.31 bits per heavy atom. The average Bonchev–Trinajstić information content (AvgIpc) is 2.60. The molecule has 0 aliphatic carbocycles. The number of aromatic nitrogens is 2. The fourth-order valence-electron chi connectivity index (χ4n) is 2.08. The Balaban J connectivity index is 1.99. The monoisotopic (exact) mass is 222 g/mol. The molecule has 0 amide bonds. The molecule has 2 rings (SSSR count). The van der Waals surface area contributed by atoms with Crippen molar-refractivity contribution < 1.29 is 0 Å². The normalized spacial score (nSPS) is 18.8. The summed E-state index contributed by atoms with van der Waals surface area (Å²) >= 11 is 0. The van der Waals surface area contributed by atoms with E-state index in [0.717, 1.165) is 19.6 Å². The molecule has 1 N–H and O–H groups in total. The minimum Gasteiger partial charge on any atom is -0.331 e. The lowest BCUT2D eigenvalue weighted by Gasteiger charge is -2.29. The van der Waals surface area contributed by atoms with Crippen LogP contribution in [0.3, 0.4) is 0 Å². The van der Waals surface area contributed by atoms with Gasteiger partial charge in [0.15, 0.2) is 0 Å². The van der Waals surface area contributed by atoms with E-state index in [2.05, 4.69) is 40.8 Å². The maximum Gasteiger partial charge on any atom is 0.0950 e. The first-order valence-corrected chi connectivity index (χ1v) is 6.05. The second-order valence-electron chi connectivity index (χ2n) is 5.02. The molecule has 0 spiro atoms. The summed E-state index contributed by atoms with van der Waals surface area (Å²) in [4.78, 5) is 6.53. The van der Waals surface area contributed by atoms with Crippen LogP contribution in [0.1, 0.15) is 31.0 Å². The van der Waals surface area contributed by atoms with Gasteiger partial charge in [-0.1, -0.05) is 0 Å². The number of rotatable bonds is 5. The average molecular weight is 222 g/mol. The van der Waals surface area contributed by atoms with Gasteiger partial charge in [0, 0.05) is 36.9 Å². The van der Waals surface area contributed by atoms with E-state index in [4.69, 9.17) is 0 Å². The number of imidazole rings is 1. The molecule has 0 aromatic carbocycles. The number of nitrogens with one attached hydrogen (secondary N) is 1. The van der Waals surface area contributed by atoms with Crippen molar-refractivity contribution in [2.45, 2.75) is 25.3 Å². The quantitative estimate of drug-likeness (QED) is 0.809. The summed E-state index contributed by atoms with van der Waals surface area (Å²) in [7, 11) is 4.24. The first-order chi connectivity index (χ1) is 7.68. The van der Waals surface area contributed by atoms with Crippen LogP contribution in [0.15, 0.2) is 12.5 Å². The Kier molecular flexibility index (Phi) is 3.61. The summed E-state index contributed by atoms with van der Waals surface area (Å²) in [6, 6.07) is 0.542. The molecule has 4 heteroatoms. The van der Waals surface area contributed by atoms with E-state index in [0.29, 0.717) is 12.0 Å². The fourth-order valence-corrected chi connectivity index (χ4v) is 2.08. The van der Waals surface area contributed by atoms with Crippen LogP contribution in [0, 0.1) is 0 Å². The van der Waals surface area contributed by atoms with Gasteiger partial charge in [-0.25, -0.2) is 4.98 Å². The van der Waals surface area contributed by atoms with Crippen LogP contribution in [0.5, 0.6) is 0 Å². The minimum atomic E-state index is 0.542. The van der Waals surface area contributed by atoms with Crippen LogP contribution in [0.25, 0.3) is 0 Å². The zero-order valence-corrected chi connectivity index (χ0v) is 10.5. The van der Waals surface area contributed by atoms with Gasteiger partial charge >= 0.3 is 0 Å². The molecule has 0 radical (unpaired) electrons. The van der Waals surface area contributed by atoms with E-state index in [9.17, 15) is 0 Å². The third kappa shape index (κ3) is 2.44. The number of hydrogen-bond donors (Lipinski definition) is 1. The van der Waals surface area contributed by atoms with Crippen LogP contribution >= 0.6 is 0 Å². The molecular weight excluding hydrogens is 200 g/mol. The highest BCUT2D eigenvalue weighted by atomic mass is 15.1. The third-order valence-electron chi connectivity index (χ3n) is 3.36. The lowest BCUT2D eigenvalue weighted by molar-refractivity contribution is 0.344. The summed E-state index contributed by atoms with van der Waals surface area (Å²) < 4.78 is 2.34. The lowest BCUT2D eigenvalue weighted by Crippen LogP contribution is -2.41. The summed E-state index contributed by atoms with van der Waals surface area (Å²) in [5.74, 6) is 0.671. The van der Waals surface area contributed by atoms with Gasteiger partial charge in [-0.05, 0) is 34.0 Å². The van der Waals surface area contributed by atoms with Crippen molar-refractivity contribution in [1.82, 2.24) is 19.8 Å². The van der Waals surface area contributed by atoms with Crippen molar-refractivity contribution in [2.24, 2.45) is 0 Å². The van der Waals surface area contributed by atoms with Crippen LogP contribution in [-0.2, 0) is 0 Å². The Bertz CT molecular complexity index is 328. The zero-order valence-electron chi connectivity index (χ0n) is 10.5. The summed E-state index contributed by atoms with van der Waals surface area (Å²) in [6.45, 7) is 5.61. The Morgan fingerprint density at radius 3 is 2.88 bits per heavy atom. The molecule has 1 saturated heterocycles. The predicted molar refractivity (Wildman–Crippen MR) is 65.7 cm³/mol. The van der Waals surface area contributed by atoms with Gasteiger partial charge in [0.25, 0.3) is 0 Å². The molecule has 1 aromatic rings. The molecule has 2 heterocycles. The molecular formula is C12H22N4. The highest BCUT2D eigenvalue weighted by molar-refractivity contribution is 5.12.